The highest BCUT2D eigenvalue weighted by Gasteiger charge is 2.11. The summed E-state index contributed by atoms with van der Waals surface area (Å²) in [6.45, 7) is 2.19. The summed E-state index contributed by atoms with van der Waals surface area (Å²) in [5, 5.41) is 3.70. The Morgan fingerprint density at radius 2 is 2.38 bits per heavy atom. The van der Waals surface area contributed by atoms with Crippen LogP contribution in [0.2, 0.25) is 0 Å². The van der Waals surface area contributed by atoms with Gasteiger partial charge in [-0.3, -0.25) is 0 Å². The fourth-order valence-corrected chi connectivity index (χ4v) is 1.05. The summed E-state index contributed by atoms with van der Waals surface area (Å²) in [6, 6.07) is 1.69. The van der Waals surface area contributed by atoms with Gasteiger partial charge in [-0.1, -0.05) is 5.16 Å². The van der Waals surface area contributed by atoms with E-state index in [9.17, 15) is 0 Å². The van der Waals surface area contributed by atoms with Crippen molar-refractivity contribution in [2.45, 2.75) is 13.5 Å². The zero-order valence-electron chi connectivity index (χ0n) is 7.15. The topological polar surface area (TPSA) is 78.1 Å². The van der Waals surface area contributed by atoms with E-state index in [1.807, 2.05) is 6.92 Å². The molecule has 0 spiro atoms. The zero-order chi connectivity index (χ0) is 9.26. The first kappa shape index (κ1) is 8.00. The van der Waals surface area contributed by atoms with Gasteiger partial charge in [0, 0.05) is 12.6 Å². The number of nitrogens with zero attached hydrogens (tertiary/aromatic N) is 2. The molecule has 0 saturated heterocycles. The van der Waals surface area contributed by atoms with Gasteiger partial charge < -0.3 is 14.7 Å². The van der Waals surface area contributed by atoms with Crippen molar-refractivity contribution in [2.24, 2.45) is 5.73 Å². The number of hydrogen-bond acceptors (Lipinski definition) is 5. The predicted molar refractivity (Wildman–Crippen MR) is 44.6 cm³/mol. The van der Waals surface area contributed by atoms with Crippen LogP contribution >= 0.6 is 0 Å². The molecule has 2 aromatic rings. The molecule has 2 heterocycles. The van der Waals surface area contributed by atoms with Gasteiger partial charge in [-0.05, 0) is 6.92 Å². The van der Waals surface area contributed by atoms with Crippen LogP contribution in [0.25, 0.3) is 11.6 Å². The molecule has 0 aliphatic carbocycles. The first-order valence-corrected chi connectivity index (χ1v) is 3.88. The first-order valence-electron chi connectivity index (χ1n) is 3.88. The molecule has 0 saturated carbocycles. The fraction of sp³-hybridized carbons (Fsp3) is 0.250. The van der Waals surface area contributed by atoms with Crippen LogP contribution in [-0.4, -0.2) is 10.1 Å². The van der Waals surface area contributed by atoms with E-state index in [4.69, 9.17) is 10.2 Å². The number of aromatic nitrogens is 2. The third-order valence-electron chi connectivity index (χ3n) is 1.74. The monoisotopic (exact) mass is 179 g/mol. The summed E-state index contributed by atoms with van der Waals surface area (Å²) in [4.78, 5) is 4.16. The average Bonchev–Trinajstić information content (AvgIpc) is 2.71. The molecule has 2 N–H and O–H groups in total. The molecule has 0 radical (unpaired) electrons. The lowest BCUT2D eigenvalue weighted by Crippen LogP contribution is -1.97. The lowest BCUT2D eigenvalue weighted by molar-refractivity contribution is 0.418. The molecule has 0 bridgehead atoms. The van der Waals surface area contributed by atoms with Crippen molar-refractivity contribution >= 4 is 0 Å². The van der Waals surface area contributed by atoms with Gasteiger partial charge in [0.2, 0.25) is 5.89 Å². The van der Waals surface area contributed by atoms with Crippen LogP contribution in [0.15, 0.2) is 21.3 Å². The van der Waals surface area contributed by atoms with E-state index in [0.29, 0.717) is 18.1 Å². The molecule has 13 heavy (non-hydrogen) atoms. The minimum Gasteiger partial charge on any atom is -0.440 e. The molecular formula is C8H9N3O2. The van der Waals surface area contributed by atoms with E-state index in [1.54, 1.807) is 6.07 Å². The van der Waals surface area contributed by atoms with Crippen molar-refractivity contribution in [3.05, 3.63) is 23.8 Å². The second kappa shape index (κ2) is 3.02. The molecule has 0 unspecified atom stereocenters. The van der Waals surface area contributed by atoms with E-state index >= 15 is 0 Å². The van der Waals surface area contributed by atoms with E-state index in [1.165, 1.54) is 6.26 Å². The van der Waals surface area contributed by atoms with Crippen LogP contribution in [-0.2, 0) is 6.54 Å². The largest absolute Gasteiger partial charge is 0.440 e. The van der Waals surface area contributed by atoms with Gasteiger partial charge in [0.1, 0.15) is 12.0 Å². The van der Waals surface area contributed by atoms with Crippen LogP contribution < -0.4 is 5.73 Å². The van der Waals surface area contributed by atoms with Crippen molar-refractivity contribution in [3.63, 3.8) is 0 Å². The van der Waals surface area contributed by atoms with Crippen molar-refractivity contribution in [3.8, 4) is 11.6 Å². The van der Waals surface area contributed by atoms with E-state index in [2.05, 4.69) is 14.7 Å². The second-order valence-electron chi connectivity index (χ2n) is 2.61. The maximum atomic E-state index is 5.45. The molecule has 2 rings (SSSR count). The Morgan fingerprint density at radius 1 is 1.54 bits per heavy atom. The first-order chi connectivity index (χ1) is 6.31. The Balaban J connectivity index is 2.43. The molecule has 0 fully saturated rings. The van der Waals surface area contributed by atoms with Gasteiger partial charge in [0.05, 0.1) is 5.69 Å². The summed E-state index contributed by atoms with van der Waals surface area (Å²) in [5.41, 5.74) is 6.79. The molecule has 5 nitrogen and oxygen atoms in total. The summed E-state index contributed by atoms with van der Waals surface area (Å²) < 4.78 is 10.0. The standard InChI is InChI=1S/C8H9N3O2/c1-5-7(4-9)10-8(13-5)6-2-3-12-11-6/h2-3H,4,9H2,1H3. The smallest absolute Gasteiger partial charge is 0.249 e. The number of hydrogen-bond donors (Lipinski definition) is 1. The number of oxazole rings is 1. The van der Waals surface area contributed by atoms with Gasteiger partial charge in [-0.25, -0.2) is 4.98 Å². The highest BCUT2D eigenvalue weighted by atomic mass is 16.5. The Kier molecular flexibility index (Phi) is 1.86. The lowest BCUT2D eigenvalue weighted by atomic mass is 10.4. The van der Waals surface area contributed by atoms with E-state index < -0.39 is 0 Å². The maximum absolute atomic E-state index is 5.45. The molecule has 68 valence electrons. The number of nitrogens with two attached hydrogens (primary N) is 1. The molecule has 0 aromatic carbocycles. The summed E-state index contributed by atoms with van der Waals surface area (Å²) >= 11 is 0. The second-order valence-corrected chi connectivity index (χ2v) is 2.61. The van der Waals surface area contributed by atoms with Crippen molar-refractivity contribution in [2.75, 3.05) is 0 Å². The Labute approximate surface area is 74.5 Å². The Bertz CT molecular complexity index is 391. The van der Waals surface area contributed by atoms with Crippen LogP contribution in [0.4, 0.5) is 0 Å². The minimum atomic E-state index is 0.368. The van der Waals surface area contributed by atoms with Crippen molar-refractivity contribution < 1.29 is 8.94 Å². The Hall–Kier alpha value is -1.62. The van der Waals surface area contributed by atoms with Gasteiger partial charge in [-0.2, -0.15) is 0 Å². The molecular weight excluding hydrogens is 170 g/mol. The fourth-order valence-electron chi connectivity index (χ4n) is 1.05. The van der Waals surface area contributed by atoms with Crippen molar-refractivity contribution in [1.82, 2.24) is 10.1 Å². The highest BCUT2D eigenvalue weighted by Crippen LogP contribution is 2.19. The quantitative estimate of drug-likeness (QED) is 0.746. The number of aryl methyl sites for hydroxylation is 1. The van der Waals surface area contributed by atoms with Crippen LogP contribution in [0.1, 0.15) is 11.5 Å². The molecule has 0 amide bonds. The average molecular weight is 179 g/mol. The van der Waals surface area contributed by atoms with Crippen LogP contribution in [0.3, 0.4) is 0 Å². The summed E-state index contributed by atoms with van der Waals surface area (Å²) in [7, 11) is 0. The zero-order valence-corrected chi connectivity index (χ0v) is 7.15. The molecule has 0 atom stereocenters. The summed E-state index contributed by atoms with van der Waals surface area (Å²) in [5.74, 6) is 1.17. The van der Waals surface area contributed by atoms with E-state index in [-0.39, 0.29) is 0 Å². The minimum absolute atomic E-state index is 0.368. The van der Waals surface area contributed by atoms with E-state index in [0.717, 1.165) is 11.5 Å². The lowest BCUT2D eigenvalue weighted by Gasteiger charge is -1.84. The molecule has 2 aromatic heterocycles. The highest BCUT2D eigenvalue weighted by molar-refractivity contribution is 5.45. The molecule has 5 heteroatoms. The SMILES string of the molecule is Cc1oc(-c2ccon2)nc1CN. The Morgan fingerprint density at radius 3 is 2.92 bits per heavy atom. The third kappa shape index (κ3) is 1.33. The predicted octanol–water partition coefficient (Wildman–Crippen LogP) is 1.10. The number of rotatable bonds is 2. The van der Waals surface area contributed by atoms with Crippen molar-refractivity contribution in [1.29, 1.82) is 0 Å². The normalized spacial score (nSPS) is 10.6. The third-order valence-corrected chi connectivity index (χ3v) is 1.74. The molecule has 0 aliphatic heterocycles. The maximum Gasteiger partial charge on any atom is 0.249 e. The van der Waals surface area contributed by atoms with Gasteiger partial charge >= 0.3 is 0 Å². The van der Waals surface area contributed by atoms with Crippen LogP contribution in [0, 0.1) is 6.92 Å². The van der Waals surface area contributed by atoms with Gasteiger partial charge in [0.15, 0.2) is 5.69 Å². The van der Waals surface area contributed by atoms with Gasteiger partial charge in [-0.15, -0.1) is 0 Å². The van der Waals surface area contributed by atoms with Crippen LogP contribution in [0.5, 0.6) is 0 Å². The summed E-state index contributed by atoms with van der Waals surface area (Å²) in [6.07, 6.45) is 1.47. The van der Waals surface area contributed by atoms with Gasteiger partial charge in [0.25, 0.3) is 0 Å². The molecule has 0 aliphatic rings.